The van der Waals surface area contributed by atoms with Crippen molar-refractivity contribution in [3.8, 4) is 5.75 Å². The normalized spacial score (nSPS) is 10.7. The minimum atomic E-state index is 0. The van der Waals surface area contributed by atoms with Crippen molar-refractivity contribution < 1.29 is 17.1 Å². The van der Waals surface area contributed by atoms with Crippen molar-refractivity contribution >= 4 is 15.9 Å². The van der Waals surface area contributed by atoms with Gasteiger partial charge < -0.3 is 22.5 Å². The number of hydrogen-bond acceptors (Lipinski definition) is 2. The quantitative estimate of drug-likeness (QED) is 0.809. The van der Waals surface area contributed by atoms with E-state index in [1.165, 1.54) is 0 Å². The molecule has 0 amide bonds. The van der Waals surface area contributed by atoms with Crippen LogP contribution in [0.2, 0.25) is 0 Å². The third-order valence-electron chi connectivity index (χ3n) is 2.19. The van der Waals surface area contributed by atoms with Gasteiger partial charge in [-0.05, 0) is 39.0 Å². The summed E-state index contributed by atoms with van der Waals surface area (Å²) >= 11 is 3.48. The molecule has 0 aromatic heterocycles. The number of hydrogen-bond donors (Lipinski definition) is 1. The lowest BCUT2D eigenvalue weighted by Gasteiger charge is -2.21. The Balaban J connectivity index is 0.00000289. The van der Waals surface area contributed by atoms with Crippen molar-refractivity contribution in [2.24, 2.45) is 0 Å². The monoisotopic (exact) mass is 332 g/mol. The Bertz CT molecular complexity index is 388. The summed E-state index contributed by atoms with van der Waals surface area (Å²) in [6.07, 6.45) is 1.75. The molecule has 0 radical (unpaired) electrons. The second-order valence-electron chi connectivity index (χ2n) is 4.96. The Morgan fingerprint density at radius 1 is 1.39 bits per heavy atom. The van der Waals surface area contributed by atoms with E-state index >= 15 is 0 Å². The molecule has 0 atom stereocenters. The van der Waals surface area contributed by atoms with Crippen LogP contribution in [0.25, 0.3) is 0 Å². The second kappa shape index (κ2) is 7.82. The smallest absolute Gasteiger partial charge is 0.124 e. The summed E-state index contributed by atoms with van der Waals surface area (Å²) in [5, 5.41) is 3.46. The van der Waals surface area contributed by atoms with Crippen molar-refractivity contribution in [3.63, 3.8) is 0 Å². The van der Waals surface area contributed by atoms with Crippen molar-refractivity contribution in [2.75, 3.05) is 6.61 Å². The summed E-state index contributed by atoms with van der Waals surface area (Å²) in [5.41, 5.74) is 1.24. The second-order valence-corrected chi connectivity index (χ2v) is 5.87. The van der Waals surface area contributed by atoms with Gasteiger partial charge in [0, 0.05) is 22.1 Å². The van der Waals surface area contributed by atoms with Gasteiger partial charge in [-0.3, -0.25) is 0 Å². The van der Waals surface area contributed by atoms with Crippen molar-refractivity contribution in [1.29, 1.82) is 0 Å². The fourth-order valence-electron chi connectivity index (χ4n) is 1.34. The molecule has 1 aromatic rings. The van der Waals surface area contributed by atoms with Gasteiger partial charge >= 0.3 is 0 Å². The third kappa shape index (κ3) is 6.43. The van der Waals surface area contributed by atoms with Crippen LogP contribution >= 0.6 is 15.9 Å². The van der Waals surface area contributed by atoms with Crippen LogP contribution in [0.5, 0.6) is 5.75 Å². The van der Waals surface area contributed by atoms with Gasteiger partial charge in [-0.25, -0.2) is 0 Å². The highest BCUT2D eigenvalue weighted by Gasteiger charge is 2.11. The van der Waals surface area contributed by atoms with Gasteiger partial charge in [-0.2, -0.15) is 0 Å². The van der Waals surface area contributed by atoms with E-state index in [1.54, 1.807) is 6.08 Å². The van der Waals surface area contributed by atoms with Crippen LogP contribution in [0.4, 0.5) is 0 Å². The van der Waals surface area contributed by atoms with E-state index in [9.17, 15) is 0 Å². The topological polar surface area (TPSA) is 21.3 Å². The maximum atomic E-state index is 5.63. The molecule has 0 aliphatic rings. The predicted octanol–water partition coefficient (Wildman–Crippen LogP) is 0.906. The Labute approximate surface area is 124 Å². The average molecular weight is 334 g/mol. The van der Waals surface area contributed by atoms with Gasteiger partial charge in [0.2, 0.25) is 0 Å². The molecule has 0 saturated carbocycles. The van der Waals surface area contributed by atoms with Gasteiger partial charge in [0.05, 0.1) is 0 Å². The zero-order chi connectivity index (χ0) is 12.9. The Morgan fingerprint density at radius 3 is 2.61 bits per heavy atom. The molecule has 0 saturated heterocycles. The van der Waals surface area contributed by atoms with Crippen LogP contribution in [0.3, 0.4) is 0 Å². The molecule has 1 rings (SSSR count). The molecule has 1 aromatic carbocycles. The zero-order valence-electron chi connectivity index (χ0n) is 11.1. The van der Waals surface area contributed by atoms with Crippen LogP contribution < -0.4 is 22.5 Å². The summed E-state index contributed by atoms with van der Waals surface area (Å²) in [7, 11) is 0. The summed E-state index contributed by atoms with van der Waals surface area (Å²) in [4.78, 5) is 0. The highest BCUT2D eigenvalue weighted by atomic mass is 79.9. The molecule has 0 aliphatic carbocycles. The van der Waals surface area contributed by atoms with Gasteiger partial charge in [0.25, 0.3) is 0 Å². The molecular weight excluding hydrogens is 314 g/mol. The van der Waals surface area contributed by atoms with Gasteiger partial charge in [-0.15, -0.1) is 0 Å². The first-order chi connectivity index (χ1) is 7.92. The Morgan fingerprint density at radius 2 is 2.06 bits per heavy atom. The summed E-state index contributed by atoms with van der Waals surface area (Å²) in [5.74, 6) is 0.907. The predicted molar refractivity (Wildman–Crippen MR) is 76.4 cm³/mol. The molecular formula is C14H20BrClNO-. The van der Waals surface area contributed by atoms with E-state index in [2.05, 4.69) is 54.7 Å². The van der Waals surface area contributed by atoms with Crippen molar-refractivity contribution in [1.82, 2.24) is 5.32 Å². The first kappa shape index (κ1) is 17.5. The summed E-state index contributed by atoms with van der Waals surface area (Å²) in [6.45, 7) is 11.4. The fourth-order valence-corrected chi connectivity index (χ4v) is 1.74. The molecule has 2 nitrogen and oxygen atoms in total. The fraction of sp³-hybridized carbons (Fsp3) is 0.429. The average Bonchev–Trinajstić information content (AvgIpc) is 2.24. The molecule has 4 heteroatoms. The van der Waals surface area contributed by atoms with Crippen LogP contribution in [0.15, 0.2) is 35.3 Å². The van der Waals surface area contributed by atoms with Crippen LogP contribution in [0.1, 0.15) is 26.3 Å². The SMILES string of the molecule is C=CCOc1ccc(Br)cc1CNC(C)(C)C.[Cl-]. The molecule has 0 spiro atoms. The maximum absolute atomic E-state index is 5.63. The van der Waals surface area contributed by atoms with E-state index in [4.69, 9.17) is 4.74 Å². The number of rotatable bonds is 5. The van der Waals surface area contributed by atoms with E-state index in [0.29, 0.717) is 6.61 Å². The molecule has 102 valence electrons. The van der Waals surface area contributed by atoms with E-state index in [0.717, 1.165) is 22.3 Å². The molecule has 0 aliphatic heterocycles. The number of nitrogens with one attached hydrogen (secondary N) is 1. The third-order valence-corrected chi connectivity index (χ3v) is 2.68. The largest absolute Gasteiger partial charge is 1.00 e. The molecule has 0 bridgehead atoms. The van der Waals surface area contributed by atoms with Crippen molar-refractivity contribution in [2.45, 2.75) is 32.9 Å². The molecule has 1 N–H and O–H groups in total. The lowest BCUT2D eigenvalue weighted by atomic mass is 10.1. The van der Waals surface area contributed by atoms with Gasteiger partial charge in [-0.1, -0.05) is 28.6 Å². The lowest BCUT2D eigenvalue weighted by Crippen LogP contribution is -3.00. The highest BCUT2D eigenvalue weighted by molar-refractivity contribution is 9.10. The van der Waals surface area contributed by atoms with E-state index in [-0.39, 0.29) is 17.9 Å². The standard InChI is InChI=1S/C14H20BrNO.ClH/c1-5-8-17-13-7-6-12(15)9-11(13)10-16-14(2,3)4;/h5-7,9,16H,1,8,10H2,2-4H3;1H/p-1. The number of ether oxygens (including phenoxy) is 1. The molecule has 18 heavy (non-hydrogen) atoms. The maximum Gasteiger partial charge on any atom is 0.124 e. The summed E-state index contributed by atoms with van der Waals surface area (Å²) in [6, 6.07) is 6.05. The first-order valence-electron chi connectivity index (χ1n) is 5.69. The van der Waals surface area contributed by atoms with Crippen LogP contribution in [-0.4, -0.2) is 12.1 Å². The van der Waals surface area contributed by atoms with E-state index < -0.39 is 0 Å². The van der Waals surface area contributed by atoms with Crippen LogP contribution in [0, 0.1) is 0 Å². The minimum absolute atomic E-state index is 0. The minimum Gasteiger partial charge on any atom is -1.00 e. The van der Waals surface area contributed by atoms with Gasteiger partial charge in [0.15, 0.2) is 0 Å². The Kier molecular flexibility index (Phi) is 7.60. The molecule has 0 unspecified atom stereocenters. The first-order valence-corrected chi connectivity index (χ1v) is 6.49. The number of halogens is 2. The van der Waals surface area contributed by atoms with Crippen LogP contribution in [-0.2, 0) is 6.54 Å². The summed E-state index contributed by atoms with van der Waals surface area (Å²) < 4.78 is 6.69. The molecule has 0 fully saturated rings. The Hall–Kier alpha value is -0.510. The lowest BCUT2D eigenvalue weighted by molar-refractivity contribution is -0.00000456. The van der Waals surface area contributed by atoms with Crippen molar-refractivity contribution in [3.05, 3.63) is 40.9 Å². The van der Waals surface area contributed by atoms with Gasteiger partial charge in [0.1, 0.15) is 12.4 Å². The zero-order valence-corrected chi connectivity index (χ0v) is 13.4. The highest BCUT2D eigenvalue weighted by Crippen LogP contribution is 2.23. The number of benzene rings is 1. The van der Waals surface area contributed by atoms with E-state index in [1.807, 2.05) is 12.1 Å². The molecule has 0 heterocycles.